The second kappa shape index (κ2) is 8.24. The van der Waals surface area contributed by atoms with E-state index in [4.69, 9.17) is 4.74 Å². The number of aromatic nitrogens is 2. The summed E-state index contributed by atoms with van der Waals surface area (Å²) in [6.45, 7) is 2.79. The van der Waals surface area contributed by atoms with Gasteiger partial charge in [0.15, 0.2) is 11.5 Å². The average molecular weight is 335 g/mol. The standard InChI is InChI=1S/C20H21N3O2/c1-2-25-20(24)18-19(23-17-13-7-6-12-16(17)22-18)21-14-8-11-15-9-4-3-5-10-15/h3-7,9-10,12-13H,2,8,11,14H2,1H3,(H,21,23). The number of benzene rings is 2. The molecule has 0 radical (unpaired) electrons. The van der Waals surface area contributed by atoms with Gasteiger partial charge in [0.1, 0.15) is 0 Å². The normalized spacial score (nSPS) is 10.6. The summed E-state index contributed by atoms with van der Waals surface area (Å²) in [5, 5.41) is 3.24. The van der Waals surface area contributed by atoms with Crippen molar-refractivity contribution in [1.82, 2.24) is 9.97 Å². The van der Waals surface area contributed by atoms with Gasteiger partial charge in [-0.15, -0.1) is 0 Å². The first-order chi connectivity index (χ1) is 12.3. The summed E-state index contributed by atoms with van der Waals surface area (Å²) in [5.41, 5.74) is 2.96. The van der Waals surface area contributed by atoms with E-state index in [0.29, 0.717) is 24.5 Å². The topological polar surface area (TPSA) is 64.1 Å². The number of carbonyl (C=O) groups excluding carboxylic acids is 1. The van der Waals surface area contributed by atoms with Crippen molar-refractivity contribution in [3.63, 3.8) is 0 Å². The third kappa shape index (κ3) is 4.32. The Labute approximate surface area is 147 Å². The van der Waals surface area contributed by atoms with E-state index >= 15 is 0 Å². The summed E-state index contributed by atoms with van der Waals surface area (Å²) >= 11 is 0. The lowest BCUT2D eigenvalue weighted by Gasteiger charge is -2.11. The fourth-order valence-corrected chi connectivity index (χ4v) is 2.61. The van der Waals surface area contributed by atoms with E-state index in [1.54, 1.807) is 6.92 Å². The molecule has 1 heterocycles. The molecular weight excluding hydrogens is 314 g/mol. The van der Waals surface area contributed by atoms with Crippen LogP contribution in [-0.2, 0) is 11.2 Å². The molecule has 0 aliphatic rings. The molecule has 3 rings (SSSR count). The number of carbonyl (C=O) groups is 1. The van der Waals surface area contributed by atoms with Crippen molar-refractivity contribution in [2.24, 2.45) is 0 Å². The molecule has 25 heavy (non-hydrogen) atoms. The SMILES string of the molecule is CCOC(=O)c1nc2ccccc2nc1NCCCc1ccccc1. The van der Waals surface area contributed by atoms with Gasteiger partial charge in [0, 0.05) is 6.54 Å². The van der Waals surface area contributed by atoms with E-state index in [2.05, 4.69) is 27.4 Å². The number of hydrogen-bond donors (Lipinski definition) is 1. The zero-order valence-corrected chi connectivity index (χ0v) is 14.2. The van der Waals surface area contributed by atoms with Gasteiger partial charge < -0.3 is 10.1 Å². The van der Waals surface area contributed by atoms with Gasteiger partial charge in [-0.3, -0.25) is 0 Å². The van der Waals surface area contributed by atoms with E-state index in [9.17, 15) is 4.79 Å². The molecule has 0 bridgehead atoms. The number of para-hydroxylation sites is 2. The molecule has 1 aromatic heterocycles. The molecule has 1 N–H and O–H groups in total. The van der Waals surface area contributed by atoms with Crippen LogP contribution in [0.2, 0.25) is 0 Å². The third-order valence-corrected chi connectivity index (χ3v) is 3.82. The van der Waals surface area contributed by atoms with Crippen molar-refractivity contribution in [2.45, 2.75) is 19.8 Å². The predicted octanol–water partition coefficient (Wildman–Crippen LogP) is 3.85. The van der Waals surface area contributed by atoms with Crippen LogP contribution in [0.25, 0.3) is 11.0 Å². The van der Waals surface area contributed by atoms with Gasteiger partial charge in [-0.05, 0) is 37.5 Å². The van der Waals surface area contributed by atoms with Crippen LogP contribution >= 0.6 is 0 Å². The van der Waals surface area contributed by atoms with Crippen LogP contribution in [0.4, 0.5) is 5.82 Å². The number of esters is 1. The Bertz CT molecular complexity index is 850. The first-order valence-electron chi connectivity index (χ1n) is 8.49. The Hall–Kier alpha value is -2.95. The lowest BCUT2D eigenvalue weighted by atomic mass is 10.1. The van der Waals surface area contributed by atoms with Gasteiger partial charge in [-0.2, -0.15) is 0 Å². The smallest absolute Gasteiger partial charge is 0.360 e. The van der Waals surface area contributed by atoms with Crippen LogP contribution in [0, 0.1) is 0 Å². The summed E-state index contributed by atoms with van der Waals surface area (Å²) < 4.78 is 5.11. The highest BCUT2D eigenvalue weighted by Crippen LogP contribution is 2.18. The predicted molar refractivity (Wildman–Crippen MR) is 98.7 cm³/mol. The molecular formula is C20H21N3O2. The number of ether oxygens (including phenoxy) is 1. The first kappa shape index (κ1) is 16.9. The van der Waals surface area contributed by atoms with Gasteiger partial charge in [0.25, 0.3) is 0 Å². The molecule has 0 spiro atoms. The number of nitrogens with zero attached hydrogens (tertiary/aromatic N) is 2. The van der Waals surface area contributed by atoms with Crippen molar-refractivity contribution in [1.29, 1.82) is 0 Å². The van der Waals surface area contributed by atoms with Gasteiger partial charge >= 0.3 is 5.97 Å². The first-order valence-corrected chi connectivity index (χ1v) is 8.49. The number of hydrogen-bond acceptors (Lipinski definition) is 5. The summed E-state index contributed by atoms with van der Waals surface area (Å²) in [5.74, 6) is 0.0246. The molecule has 0 atom stereocenters. The van der Waals surface area contributed by atoms with Crippen LogP contribution in [0.15, 0.2) is 54.6 Å². The Morgan fingerprint density at radius 3 is 2.40 bits per heavy atom. The summed E-state index contributed by atoms with van der Waals surface area (Å²) in [6.07, 6.45) is 1.89. The quantitative estimate of drug-likeness (QED) is 0.525. The van der Waals surface area contributed by atoms with Crippen LogP contribution in [0.3, 0.4) is 0 Å². The molecule has 0 aliphatic carbocycles. The van der Waals surface area contributed by atoms with Crippen LogP contribution in [0.5, 0.6) is 0 Å². The number of aryl methyl sites for hydroxylation is 1. The molecule has 0 amide bonds. The van der Waals surface area contributed by atoms with Crippen LogP contribution in [-0.4, -0.2) is 29.1 Å². The molecule has 0 fully saturated rings. The largest absolute Gasteiger partial charge is 0.461 e. The summed E-state index contributed by atoms with van der Waals surface area (Å²) in [7, 11) is 0. The Balaban J connectivity index is 1.74. The molecule has 128 valence electrons. The minimum absolute atomic E-state index is 0.236. The van der Waals surface area contributed by atoms with Crippen molar-refractivity contribution < 1.29 is 9.53 Å². The fraction of sp³-hybridized carbons (Fsp3) is 0.250. The van der Waals surface area contributed by atoms with Crippen LogP contribution < -0.4 is 5.32 Å². The van der Waals surface area contributed by atoms with E-state index in [0.717, 1.165) is 18.4 Å². The molecule has 0 saturated carbocycles. The highest BCUT2D eigenvalue weighted by atomic mass is 16.5. The van der Waals surface area contributed by atoms with E-state index in [1.807, 2.05) is 42.5 Å². The van der Waals surface area contributed by atoms with Crippen molar-refractivity contribution in [3.05, 3.63) is 65.9 Å². The average Bonchev–Trinajstić information content (AvgIpc) is 2.65. The summed E-state index contributed by atoms with van der Waals surface area (Å²) in [4.78, 5) is 21.2. The van der Waals surface area contributed by atoms with Gasteiger partial charge in [-0.1, -0.05) is 42.5 Å². The number of nitrogens with one attached hydrogen (secondary N) is 1. The maximum absolute atomic E-state index is 12.2. The Morgan fingerprint density at radius 2 is 1.68 bits per heavy atom. The third-order valence-electron chi connectivity index (χ3n) is 3.82. The Morgan fingerprint density at radius 1 is 1.00 bits per heavy atom. The highest BCUT2D eigenvalue weighted by molar-refractivity contribution is 5.95. The molecule has 3 aromatic rings. The second-order valence-electron chi connectivity index (χ2n) is 5.65. The molecule has 0 saturated heterocycles. The van der Waals surface area contributed by atoms with Crippen molar-refractivity contribution >= 4 is 22.8 Å². The molecule has 5 heteroatoms. The Kier molecular flexibility index (Phi) is 5.57. The summed E-state index contributed by atoms with van der Waals surface area (Å²) in [6, 6.07) is 17.8. The van der Waals surface area contributed by atoms with Gasteiger partial charge in [-0.25, -0.2) is 14.8 Å². The molecule has 2 aromatic carbocycles. The van der Waals surface area contributed by atoms with Crippen molar-refractivity contribution in [2.75, 3.05) is 18.5 Å². The minimum Gasteiger partial charge on any atom is -0.461 e. The van der Waals surface area contributed by atoms with E-state index in [-0.39, 0.29) is 5.69 Å². The van der Waals surface area contributed by atoms with Crippen molar-refractivity contribution in [3.8, 4) is 0 Å². The molecule has 0 aliphatic heterocycles. The fourth-order valence-electron chi connectivity index (χ4n) is 2.61. The number of fused-ring (bicyclic) bond motifs is 1. The highest BCUT2D eigenvalue weighted by Gasteiger charge is 2.17. The number of rotatable bonds is 7. The number of anilines is 1. The van der Waals surface area contributed by atoms with E-state index in [1.165, 1.54) is 5.56 Å². The van der Waals surface area contributed by atoms with Gasteiger partial charge in [0.2, 0.25) is 0 Å². The molecule has 5 nitrogen and oxygen atoms in total. The monoisotopic (exact) mass is 335 g/mol. The second-order valence-corrected chi connectivity index (χ2v) is 5.65. The lowest BCUT2D eigenvalue weighted by molar-refractivity contribution is 0.0521. The maximum atomic E-state index is 12.2. The molecule has 0 unspecified atom stereocenters. The lowest BCUT2D eigenvalue weighted by Crippen LogP contribution is -2.15. The zero-order chi connectivity index (χ0) is 17.5. The minimum atomic E-state index is -0.452. The van der Waals surface area contributed by atoms with Crippen LogP contribution in [0.1, 0.15) is 29.4 Å². The van der Waals surface area contributed by atoms with E-state index < -0.39 is 5.97 Å². The maximum Gasteiger partial charge on any atom is 0.360 e. The zero-order valence-electron chi connectivity index (χ0n) is 14.2. The van der Waals surface area contributed by atoms with Gasteiger partial charge in [0.05, 0.1) is 17.6 Å².